The fourth-order valence-corrected chi connectivity index (χ4v) is 4.02. The van der Waals surface area contributed by atoms with Crippen LogP contribution in [0.25, 0.3) is 0 Å². The van der Waals surface area contributed by atoms with E-state index in [1.54, 1.807) is 6.08 Å². The van der Waals surface area contributed by atoms with Gasteiger partial charge in [0.05, 0.1) is 25.9 Å². The van der Waals surface area contributed by atoms with Crippen molar-refractivity contribution < 1.29 is 23.8 Å². The monoisotopic (exact) mass is 396 g/mol. The highest BCUT2D eigenvalue weighted by Crippen LogP contribution is 2.38. The first-order valence-electron chi connectivity index (χ1n) is 10.0. The van der Waals surface area contributed by atoms with Gasteiger partial charge >= 0.3 is 0 Å². The van der Waals surface area contributed by atoms with Crippen molar-refractivity contribution in [2.75, 3.05) is 19.8 Å². The second-order valence-electron chi connectivity index (χ2n) is 9.11. The Kier molecular flexibility index (Phi) is 7.61. The van der Waals surface area contributed by atoms with E-state index in [4.69, 9.17) is 13.9 Å². The Labute approximate surface area is 164 Å². The van der Waals surface area contributed by atoms with Crippen molar-refractivity contribution >= 4 is 14.1 Å². The van der Waals surface area contributed by atoms with Crippen molar-refractivity contribution in [1.82, 2.24) is 0 Å². The van der Waals surface area contributed by atoms with E-state index in [9.17, 15) is 9.90 Å². The number of aliphatic hydroxyl groups is 1. The molecule has 27 heavy (non-hydrogen) atoms. The van der Waals surface area contributed by atoms with E-state index in [1.165, 1.54) is 0 Å². The molecule has 1 aliphatic carbocycles. The number of hydrogen-bond acceptors (Lipinski definition) is 5. The highest BCUT2D eigenvalue weighted by Gasteiger charge is 2.42. The predicted molar refractivity (Wildman–Crippen MR) is 109 cm³/mol. The largest absolute Gasteiger partial charge is 0.411 e. The number of carbonyl (C=O) groups excluding carboxylic acids is 1. The Morgan fingerprint density at radius 3 is 2.52 bits per heavy atom. The van der Waals surface area contributed by atoms with Gasteiger partial charge in [0, 0.05) is 12.8 Å². The standard InChI is InChI=1S/C21H36O5Si/c1-20(2,3)27(4,5)26-16-21(24-12-13-25-21)11-9-7-6-8-10-17-14-18(22)15-19(17)23/h6,8,14,18,22H,7,9-13,15-16H2,1-5H3. The Balaban J connectivity index is 1.77. The molecule has 0 bridgehead atoms. The topological polar surface area (TPSA) is 65.0 Å². The first-order chi connectivity index (χ1) is 12.5. The molecule has 0 aromatic heterocycles. The van der Waals surface area contributed by atoms with E-state index in [0.717, 1.165) is 24.8 Å². The Morgan fingerprint density at radius 2 is 1.96 bits per heavy atom. The molecule has 1 aliphatic heterocycles. The number of unbranched alkanes of at least 4 members (excludes halogenated alkanes) is 1. The summed E-state index contributed by atoms with van der Waals surface area (Å²) in [5, 5.41) is 9.62. The number of carbonyl (C=O) groups is 1. The van der Waals surface area contributed by atoms with Crippen molar-refractivity contribution in [3.63, 3.8) is 0 Å². The summed E-state index contributed by atoms with van der Waals surface area (Å²) in [6.07, 6.45) is 8.64. The number of aliphatic hydroxyl groups excluding tert-OH is 1. The molecular weight excluding hydrogens is 360 g/mol. The quantitative estimate of drug-likeness (QED) is 0.361. The lowest BCUT2D eigenvalue weighted by Gasteiger charge is -2.39. The molecule has 6 heteroatoms. The number of rotatable bonds is 9. The van der Waals surface area contributed by atoms with Crippen molar-refractivity contribution in [2.24, 2.45) is 0 Å². The molecule has 0 saturated carbocycles. The van der Waals surface area contributed by atoms with Gasteiger partial charge in [-0.05, 0) is 49.0 Å². The second-order valence-corrected chi connectivity index (χ2v) is 13.9. The van der Waals surface area contributed by atoms with Gasteiger partial charge in [-0.2, -0.15) is 0 Å². The van der Waals surface area contributed by atoms with E-state index in [0.29, 0.717) is 26.2 Å². The van der Waals surface area contributed by atoms with Gasteiger partial charge in [-0.15, -0.1) is 0 Å². The number of allylic oxidation sites excluding steroid dienone is 3. The van der Waals surface area contributed by atoms with Crippen LogP contribution in [0.2, 0.25) is 18.1 Å². The molecule has 1 atom stereocenters. The van der Waals surface area contributed by atoms with E-state index < -0.39 is 20.2 Å². The van der Waals surface area contributed by atoms with Crippen LogP contribution in [0.5, 0.6) is 0 Å². The van der Waals surface area contributed by atoms with Crippen LogP contribution in [0.15, 0.2) is 23.8 Å². The third-order valence-electron chi connectivity index (χ3n) is 5.85. The molecule has 1 heterocycles. The Morgan fingerprint density at radius 1 is 1.30 bits per heavy atom. The lowest BCUT2D eigenvalue weighted by Crippen LogP contribution is -2.46. The fraction of sp³-hybridized carbons (Fsp3) is 0.762. The zero-order valence-electron chi connectivity index (χ0n) is 17.5. The number of hydrogen-bond donors (Lipinski definition) is 1. The fourth-order valence-electron chi connectivity index (χ4n) is 3.01. The lowest BCUT2D eigenvalue weighted by atomic mass is 10.1. The van der Waals surface area contributed by atoms with Crippen LogP contribution in [0.3, 0.4) is 0 Å². The molecule has 0 amide bonds. The number of ketones is 1. The molecule has 154 valence electrons. The van der Waals surface area contributed by atoms with Gasteiger partial charge in [0.15, 0.2) is 19.9 Å². The third kappa shape index (κ3) is 6.36. The van der Waals surface area contributed by atoms with Crippen LogP contribution in [-0.2, 0) is 18.7 Å². The van der Waals surface area contributed by atoms with E-state index in [2.05, 4.69) is 39.9 Å². The first kappa shape index (κ1) is 22.5. The highest BCUT2D eigenvalue weighted by atomic mass is 28.4. The van der Waals surface area contributed by atoms with Crippen LogP contribution in [-0.4, -0.2) is 50.9 Å². The molecule has 0 spiro atoms. The van der Waals surface area contributed by atoms with E-state index in [1.807, 2.05) is 6.08 Å². The van der Waals surface area contributed by atoms with Crippen LogP contribution in [0, 0.1) is 0 Å². The third-order valence-corrected chi connectivity index (χ3v) is 10.3. The number of ether oxygens (including phenoxy) is 2. The van der Waals surface area contributed by atoms with Crippen LogP contribution in [0.4, 0.5) is 0 Å². The molecule has 0 aromatic carbocycles. The molecule has 5 nitrogen and oxygen atoms in total. The Hall–Kier alpha value is -0.793. The van der Waals surface area contributed by atoms with Crippen molar-refractivity contribution in [3.05, 3.63) is 23.8 Å². The summed E-state index contributed by atoms with van der Waals surface area (Å²) in [5.41, 5.74) is 0.723. The molecular formula is C21H36O5Si. The summed E-state index contributed by atoms with van der Waals surface area (Å²) in [5.74, 6) is -0.557. The summed E-state index contributed by atoms with van der Waals surface area (Å²) in [4.78, 5) is 11.6. The maximum atomic E-state index is 11.6. The molecule has 1 fully saturated rings. The molecule has 1 unspecified atom stereocenters. The minimum absolute atomic E-state index is 0.0571. The van der Waals surface area contributed by atoms with Crippen LogP contribution < -0.4 is 0 Å². The van der Waals surface area contributed by atoms with Gasteiger partial charge in [0.25, 0.3) is 0 Å². The minimum atomic E-state index is -1.84. The van der Waals surface area contributed by atoms with Crippen molar-refractivity contribution in [1.29, 1.82) is 0 Å². The van der Waals surface area contributed by atoms with Crippen LogP contribution in [0.1, 0.15) is 52.9 Å². The minimum Gasteiger partial charge on any atom is -0.411 e. The predicted octanol–water partition coefficient (Wildman–Crippen LogP) is 4.13. The summed E-state index contributed by atoms with van der Waals surface area (Å²) < 4.78 is 18.2. The summed E-state index contributed by atoms with van der Waals surface area (Å²) >= 11 is 0. The van der Waals surface area contributed by atoms with Gasteiger partial charge in [-0.3, -0.25) is 4.79 Å². The number of Topliss-reactive ketones (excluding diaryl/α,β-unsaturated/α-hetero) is 1. The summed E-state index contributed by atoms with van der Waals surface area (Å²) in [6.45, 7) is 12.9. The van der Waals surface area contributed by atoms with Gasteiger partial charge in [-0.1, -0.05) is 32.9 Å². The Bertz CT molecular complexity index is 568. The maximum absolute atomic E-state index is 11.6. The normalized spacial score (nSPS) is 23.4. The highest BCUT2D eigenvalue weighted by molar-refractivity contribution is 6.74. The summed E-state index contributed by atoms with van der Waals surface area (Å²) in [6, 6.07) is 0. The smallest absolute Gasteiger partial charge is 0.192 e. The first-order valence-corrected chi connectivity index (χ1v) is 12.9. The average Bonchev–Trinajstić information content (AvgIpc) is 3.15. The molecule has 1 saturated heterocycles. The summed E-state index contributed by atoms with van der Waals surface area (Å²) in [7, 11) is -1.84. The zero-order chi connectivity index (χ0) is 20.1. The lowest BCUT2D eigenvalue weighted by molar-refractivity contribution is -0.184. The second kappa shape index (κ2) is 9.14. The van der Waals surface area contributed by atoms with Gasteiger partial charge < -0.3 is 19.0 Å². The van der Waals surface area contributed by atoms with Crippen LogP contribution >= 0.6 is 0 Å². The SMILES string of the molecule is CC(C)(C)[Si](C)(C)OCC1(CCCC=CCC2=CC(O)CC2=O)OCCO1. The zero-order valence-corrected chi connectivity index (χ0v) is 18.5. The van der Waals surface area contributed by atoms with Gasteiger partial charge in [-0.25, -0.2) is 0 Å². The molecule has 2 aliphatic rings. The molecule has 0 aromatic rings. The molecule has 2 rings (SSSR count). The van der Waals surface area contributed by atoms with Gasteiger partial charge in [0.2, 0.25) is 0 Å². The van der Waals surface area contributed by atoms with E-state index >= 15 is 0 Å². The van der Waals surface area contributed by atoms with Crippen molar-refractivity contribution in [2.45, 2.75) is 82.9 Å². The van der Waals surface area contributed by atoms with Gasteiger partial charge in [0.1, 0.15) is 0 Å². The average molecular weight is 397 g/mol. The van der Waals surface area contributed by atoms with E-state index in [-0.39, 0.29) is 17.2 Å². The molecule has 0 radical (unpaired) electrons. The van der Waals surface area contributed by atoms with Crippen molar-refractivity contribution in [3.8, 4) is 0 Å². The molecule has 1 N–H and O–H groups in total. The maximum Gasteiger partial charge on any atom is 0.192 e.